The molecule has 3 rings (SSSR count). The number of nitrogens with one attached hydrogen (secondary N) is 2. The highest BCUT2D eigenvalue weighted by Crippen LogP contribution is 2.10. The van der Waals surface area contributed by atoms with Gasteiger partial charge in [0.25, 0.3) is 0 Å². The Morgan fingerprint density at radius 1 is 1.00 bits per heavy atom. The van der Waals surface area contributed by atoms with Crippen LogP contribution in [0.5, 0.6) is 0 Å². The highest BCUT2D eigenvalue weighted by molar-refractivity contribution is 5.79. The van der Waals surface area contributed by atoms with Gasteiger partial charge in [-0.3, -0.25) is 9.89 Å². The molecule has 2 aromatic rings. The number of hydrogen-bond donors (Lipinski definition) is 2. The first-order valence-electron chi connectivity index (χ1n) is 9.40. The summed E-state index contributed by atoms with van der Waals surface area (Å²) >= 11 is 0. The molecule has 0 atom stereocenters. The summed E-state index contributed by atoms with van der Waals surface area (Å²) in [5, 5.41) is 6.19. The third-order valence-corrected chi connectivity index (χ3v) is 4.67. The van der Waals surface area contributed by atoms with Gasteiger partial charge in [0.05, 0.1) is 13.2 Å². The zero-order valence-corrected chi connectivity index (χ0v) is 16.0. The number of nitrogens with zero attached hydrogens (tertiary/aromatic N) is 2. The molecule has 1 heterocycles. The summed E-state index contributed by atoms with van der Waals surface area (Å²) in [6, 6.07) is 11.8. The Balaban J connectivity index is 1.47. The van der Waals surface area contributed by atoms with Gasteiger partial charge >= 0.3 is 0 Å². The van der Waals surface area contributed by atoms with E-state index in [1.54, 1.807) is 7.05 Å². The van der Waals surface area contributed by atoms with E-state index in [1.165, 1.54) is 11.6 Å². The van der Waals surface area contributed by atoms with E-state index in [2.05, 4.69) is 44.8 Å². The van der Waals surface area contributed by atoms with Crippen LogP contribution >= 0.6 is 0 Å². The lowest BCUT2D eigenvalue weighted by Gasteiger charge is -2.26. The lowest BCUT2D eigenvalue weighted by atomic mass is 10.1. The van der Waals surface area contributed by atoms with E-state index in [9.17, 15) is 8.78 Å². The lowest BCUT2D eigenvalue weighted by Crippen LogP contribution is -2.36. The Hall–Kier alpha value is -2.51. The van der Waals surface area contributed by atoms with Crippen molar-refractivity contribution in [3.63, 3.8) is 0 Å². The molecule has 0 spiro atoms. The number of halogens is 2. The van der Waals surface area contributed by atoms with E-state index in [0.717, 1.165) is 50.5 Å². The van der Waals surface area contributed by atoms with Crippen LogP contribution in [0.1, 0.15) is 16.7 Å². The third-order valence-electron chi connectivity index (χ3n) is 4.67. The van der Waals surface area contributed by atoms with Crippen LogP contribution in [0, 0.1) is 11.6 Å². The maximum atomic E-state index is 13.7. The molecule has 28 heavy (non-hydrogen) atoms. The first-order chi connectivity index (χ1) is 13.6. The highest BCUT2D eigenvalue weighted by Gasteiger charge is 2.10. The van der Waals surface area contributed by atoms with Crippen molar-refractivity contribution in [1.29, 1.82) is 0 Å². The Labute approximate surface area is 164 Å². The number of ether oxygens (including phenoxy) is 1. The van der Waals surface area contributed by atoms with E-state index in [1.807, 2.05) is 0 Å². The van der Waals surface area contributed by atoms with Gasteiger partial charge in [-0.05, 0) is 29.3 Å². The molecule has 0 aliphatic carbocycles. The number of aliphatic imine (C=N–C) groups is 1. The minimum atomic E-state index is -0.460. The summed E-state index contributed by atoms with van der Waals surface area (Å²) in [5.41, 5.74) is 2.65. The predicted octanol–water partition coefficient (Wildman–Crippen LogP) is 2.66. The van der Waals surface area contributed by atoms with E-state index < -0.39 is 11.6 Å². The fourth-order valence-electron chi connectivity index (χ4n) is 3.04. The molecule has 7 heteroatoms. The summed E-state index contributed by atoms with van der Waals surface area (Å²) in [7, 11) is 1.64. The average molecular weight is 388 g/mol. The molecule has 1 aliphatic heterocycles. The van der Waals surface area contributed by atoms with Crippen LogP contribution in [0.2, 0.25) is 0 Å². The molecule has 5 nitrogen and oxygen atoms in total. The smallest absolute Gasteiger partial charge is 0.191 e. The number of rotatable bonds is 6. The predicted molar refractivity (Wildman–Crippen MR) is 106 cm³/mol. The monoisotopic (exact) mass is 388 g/mol. The molecule has 0 radical (unpaired) electrons. The molecular formula is C21H26F2N4O. The van der Waals surface area contributed by atoms with E-state index in [-0.39, 0.29) is 12.1 Å². The van der Waals surface area contributed by atoms with Gasteiger partial charge in [-0.25, -0.2) is 8.78 Å². The van der Waals surface area contributed by atoms with Crippen LogP contribution in [0.3, 0.4) is 0 Å². The van der Waals surface area contributed by atoms with Crippen molar-refractivity contribution in [1.82, 2.24) is 15.5 Å². The second-order valence-corrected chi connectivity index (χ2v) is 6.72. The second kappa shape index (κ2) is 10.1. The van der Waals surface area contributed by atoms with Crippen molar-refractivity contribution < 1.29 is 13.5 Å². The van der Waals surface area contributed by atoms with Crippen molar-refractivity contribution in [2.24, 2.45) is 4.99 Å². The molecule has 2 aromatic carbocycles. The Bertz CT molecular complexity index is 789. The Morgan fingerprint density at radius 3 is 2.39 bits per heavy atom. The highest BCUT2D eigenvalue weighted by atomic mass is 19.1. The van der Waals surface area contributed by atoms with Crippen LogP contribution < -0.4 is 10.6 Å². The van der Waals surface area contributed by atoms with Gasteiger partial charge < -0.3 is 15.4 Å². The average Bonchev–Trinajstić information content (AvgIpc) is 2.72. The molecule has 0 amide bonds. The van der Waals surface area contributed by atoms with E-state index >= 15 is 0 Å². The Morgan fingerprint density at radius 2 is 1.68 bits per heavy atom. The Kier molecular flexibility index (Phi) is 7.33. The molecule has 0 aromatic heterocycles. The molecule has 1 aliphatic rings. The lowest BCUT2D eigenvalue weighted by molar-refractivity contribution is 0.0342. The van der Waals surface area contributed by atoms with Gasteiger partial charge in [0.15, 0.2) is 5.96 Å². The van der Waals surface area contributed by atoms with Crippen molar-refractivity contribution >= 4 is 5.96 Å². The molecule has 2 N–H and O–H groups in total. The summed E-state index contributed by atoms with van der Waals surface area (Å²) < 4.78 is 32.3. The quantitative estimate of drug-likeness (QED) is 0.590. The topological polar surface area (TPSA) is 48.9 Å². The van der Waals surface area contributed by atoms with Crippen LogP contribution in [0.4, 0.5) is 8.78 Å². The van der Waals surface area contributed by atoms with Crippen molar-refractivity contribution in [3.05, 3.63) is 70.8 Å². The van der Waals surface area contributed by atoms with E-state index in [0.29, 0.717) is 12.5 Å². The number of guanidine groups is 1. The normalized spacial score (nSPS) is 15.5. The van der Waals surface area contributed by atoms with Crippen molar-refractivity contribution in [3.8, 4) is 0 Å². The molecular weight excluding hydrogens is 362 g/mol. The standard InChI is InChI=1S/C21H26F2N4O/c1-24-21(26-14-18-12-19(22)6-7-20(18)23)25-13-16-2-4-17(5-3-16)15-27-8-10-28-11-9-27/h2-7,12H,8-11,13-15H2,1H3,(H2,24,25,26). The van der Waals surface area contributed by atoms with E-state index in [4.69, 9.17) is 4.74 Å². The third kappa shape index (κ3) is 6.00. The summed E-state index contributed by atoms with van der Waals surface area (Å²) in [4.78, 5) is 6.51. The molecule has 1 fully saturated rings. The van der Waals surface area contributed by atoms with Crippen LogP contribution in [-0.4, -0.2) is 44.2 Å². The largest absolute Gasteiger partial charge is 0.379 e. The fraction of sp³-hybridized carbons (Fsp3) is 0.381. The van der Waals surface area contributed by atoms with Crippen molar-refractivity contribution in [2.45, 2.75) is 19.6 Å². The van der Waals surface area contributed by atoms with Gasteiger partial charge in [-0.15, -0.1) is 0 Å². The summed E-state index contributed by atoms with van der Waals surface area (Å²) in [6.45, 7) is 5.21. The molecule has 0 bridgehead atoms. The van der Waals surface area contributed by atoms with Gasteiger partial charge in [-0.2, -0.15) is 0 Å². The molecule has 1 saturated heterocycles. The number of benzene rings is 2. The zero-order valence-electron chi connectivity index (χ0n) is 16.0. The summed E-state index contributed by atoms with van der Waals surface area (Å²) in [6.07, 6.45) is 0. The van der Waals surface area contributed by atoms with Crippen LogP contribution in [0.25, 0.3) is 0 Å². The van der Waals surface area contributed by atoms with Gasteiger partial charge in [0, 0.05) is 45.3 Å². The zero-order chi connectivity index (χ0) is 19.8. The number of hydrogen-bond acceptors (Lipinski definition) is 3. The molecule has 0 saturated carbocycles. The SMILES string of the molecule is CN=C(NCc1ccc(CN2CCOCC2)cc1)NCc1cc(F)ccc1F. The van der Waals surface area contributed by atoms with Gasteiger partial charge in [-0.1, -0.05) is 24.3 Å². The first-order valence-corrected chi connectivity index (χ1v) is 9.40. The summed E-state index contributed by atoms with van der Waals surface area (Å²) in [5.74, 6) is -0.375. The van der Waals surface area contributed by atoms with Crippen molar-refractivity contribution in [2.75, 3.05) is 33.4 Å². The maximum absolute atomic E-state index is 13.7. The minimum absolute atomic E-state index is 0.155. The van der Waals surface area contributed by atoms with Gasteiger partial charge in [0.1, 0.15) is 11.6 Å². The van der Waals surface area contributed by atoms with Crippen LogP contribution in [-0.2, 0) is 24.4 Å². The minimum Gasteiger partial charge on any atom is -0.379 e. The maximum Gasteiger partial charge on any atom is 0.191 e. The fourth-order valence-corrected chi connectivity index (χ4v) is 3.04. The van der Waals surface area contributed by atoms with Gasteiger partial charge in [0.2, 0.25) is 0 Å². The molecule has 150 valence electrons. The first kappa shape index (κ1) is 20.2. The molecule has 0 unspecified atom stereocenters. The number of morpholine rings is 1. The van der Waals surface area contributed by atoms with Crippen LogP contribution in [0.15, 0.2) is 47.5 Å². The second-order valence-electron chi connectivity index (χ2n) is 6.72.